The summed E-state index contributed by atoms with van der Waals surface area (Å²) in [6, 6.07) is 7.70. The molecule has 1 amide bonds. The second-order valence-corrected chi connectivity index (χ2v) is 6.38. The van der Waals surface area contributed by atoms with Crippen molar-refractivity contribution in [2.45, 2.75) is 20.8 Å². The lowest BCUT2D eigenvalue weighted by Gasteiger charge is -2.13. The highest BCUT2D eigenvalue weighted by Crippen LogP contribution is 2.41. The number of amides is 1. The van der Waals surface area contributed by atoms with E-state index in [1.54, 1.807) is 19.2 Å². The Hall–Kier alpha value is -3.22. The van der Waals surface area contributed by atoms with Crippen LogP contribution in [0.2, 0.25) is 0 Å². The van der Waals surface area contributed by atoms with Gasteiger partial charge in [0, 0.05) is 11.3 Å². The molecule has 1 heterocycles. The summed E-state index contributed by atoms with van der Waals surface area (Å²) in [4.78, 5) is 12.0. The Morgan fingerprint density at radius 3 is 2.63 bits per heavy atom. The minimum atomic E-state index is -0.238. The number of anilines is 1. The SMILES string of the molecule is COc1cc(/C=N\NC(=O)CNc2c(C)cc(C)cc2C)cc2c1OCO2. The number of fused-ring (bicyclic) bond motifs is 1. The van der Waals surface area contributed by atoms with Crippen LogP contribution in [0.25, 0.3) is 0 Å². The Morgan fingerprint density at radius 2 is 1.93 bits per heavy atom. The van der Waals surface area contributed by atoms with E-state index in [1.165, 1.54) is 11.8 Å². The summed E-state index contributed by atoms with van der Waals surface area (Å²) in [5, 5.41) is 7.16. The third-order valence-corrected chi connectivity index (χ3v) is 4.19. The minimum absolute atomic E-state index is 0.131. The number of aryl methyl sites for hydroxylation is 3. The Morgan fingerprint density at radius 1 is 1.19 bits per heavy atom. The van der Waals surface area contributed by atoms with E-state index in [-0.39, 0.29) is 19.2 Å². The third-order valence-electron chi connectivity index (χ3n) is 4.19. The molecule has 7 nitrogen and oxygen atoms in total. The fourth-order valence-electron chi connectivity index (χ4n) is 3.07. The van der Waals surface area contributed by atoms with Gasteiger partial charge in [-0.15, -0.1) is 0 Å². The van der Waals surface area contributed by atoms with E-state index in [0.29, 0.717) is 17.2 Å². The van der Waals surface area contributed by atoms with Gasteiger partial charge in [0.25, 0.3) is 5.91 Å². The van der Waals surface area contributed by atoms with E-state index in [4.69, 9.17) is 14.2 Å². The first kappa shape index (κ1) is 18.6. The number of carbonyl (C=O) groups is 1. The summed E-state index contributed by atoms with van der Waals surface area (Å²) in [5.74, 6) is 1.49. The Labute approximate surface area is 158 Å². The molecule has 0 bridgehead atoms. The van der Waals surface area contributed by atoms with E-state index in [1.807, 2.05) is 13.8 Å². The highest BCUT2D eigenvalue weighted by molar-refractivity contribution is 5.86. The van der Waals surface area contributed by atoms with Gasteiger partial charge in [-0.05, 0) is 44.0 Å². The molecule has 0 fully saturated rings. The van der Waals surface area contributed by atoms with Crippen molar-refractivity contribution in [2.75, 3.05) is 25.8 Å². The Balaban J connectivity index is 1.58. The number of methoxy groups -OCH3 is 1. The van der Waals surface area contributed by atoms with Gasteiger partial charge in [-0.2, -0.15) is 5.10 Å². The monoisotopic (exact) mass is 369 g/mol. The summed E-state index contributed by atoms with van der Waals surface area (Å²) in [7, 11) is 1.56. The molecule has 0 aliphatic carbocycles. The zero-order valence-corrected chi connectivity index (χ0v) is 15.9. The van der Waals surface area contributed by atoms with E-state index in [2.05, 4.69) is 34.9 Å². The first-order valence-corrected chi connectivity index (χ1v) is 8.59. The van der Waals surface area contributed by atoms with Crippen LogP contribution < -0.4 is 25.0 Å². The van der Waals surface area contributed by atoms with Gasteiger partial charge in [-0.25, -0.2) is 5.43 Å². The number of ether oxygens (including phenoxy) is 3. The quantitative estimate of drug-likeness (QED) is 0.604. The van der Waals surface area contributed by atoms with E-state index < -0.39 is 0 Å². The lowest BCUT2D eigenvalue weighted by Crippen LogP contribution is -2.26. The fraction of sp³-hybridized carbons (Fsp3) is 0.300. The number of hydrogen-bond acceptors (Lipinski definition) is 6. The van der Waals surface area contributed by atoms with E-state index >= 15 is 0 Å². The number of nitrogens with one attached hydrogen (secondary N) is 2. The predicted molar refractivity (Wildman–Crippen MR) is 104 cm³/mol. The van der Waals surface area contributed by atoms with Gasteiger partial charge < -0.3 is 19.5 Å². The molecule has 1 aliphatic rings. The van der Waals surface area contributed by atoms with Gasteiger partial charge in [0.15, 0.2) is 11.5 Å². The predicted octanol–water partition coefficient (Wildman–Crippen LogP) is 2.91. The average molecular weight is 369 g/mol. The molecule has 0 aromatic heterocycles. The number of rotatable bonds is 6. The molecule has 1 aliphatic heterocycles. The molecule has 0 saturated carbocycles. The zero-order chi connectivity index (χ0) is 19.4. The molecule has 7 heteroatoms. The first-order valence-electron chi connectivity index (χ1n) is 8.59. The van der Waals surface area contributed by atoms with Crippen LogP contribution in [-0.2, 0) is 4.79 Å². The van der Waals surface area contributed by atoms with Crippen LogP contribution in [0.3, 0.4) is 0 Å². The van der Waals surface area contributed by atoms with Gasteiger partial charge in [0.1, 0.15) is 0 Å². The molecular weight excluding hydrogens is 346 g/mol. The van der Waals surface area contributed by atoms with Crippen LogP contribution in [0.4, 0.5) is 5.69 Å². The van der Waals surface area contributed by atoms with Gasteiger partial charge in [-0.3, -0.25) is 4.79 Å². The Bertz CT molecular complexity index is 870. The first-order chi connectivity index (χ1) is 13.0. The van der Waals surface area contributed by atoms with Crippen LogP contribution in [0, 0.1) is 20.8 Å². The highest BCUT2D eigenvalue weighted by atomic mass is 16.7. The minimum Gasteiger partial charge on any atom is -0.493 e. The van der Waals surface area contributed by atoms with Crippen molar-refractivity contribution in [3.8, 4) is 17.2 Å². The second-order valence-electron chi connectivity index (χ2n) is 6.38. The van der Waals surface area contributed by atoms with Crippen LogP contribution in [0.1, 0.15) is 22.3 Å². The molecule has 0 radical (unpaired) electrons. The normalized spacial score (nSPS) is 12.3. The molecule has 3 rings (SSSR count). The Kier molecular flexibility index (Phi) is 5.49. The molecule has 0 atom stereocenters. The van der Waals surface area contributed by atoms with E-state index in [0.717, 1.165) is 22.4 Å². The molecule has 0 unspecified atom stereocenters. The van der Waals surface area contributed by atoms with Crippen molar-refractivity contribution in [1.29, 1.82) is 0 Å². The van der Waals surface area contributed by atoms with Crippen LogP contribution in [-0.4, -0.2) is 32.6 Å². The zero-order valence-electron chi connectivity index (χ0n) is 15.9. The number of nitrogens with zero attached hydrogens (tertiary/aromatic N) is 1. The number of hydrazone groups is 1. The molecule has 2 aromatic rings. The summed E-state index contributed by atoms with van der Waals surface area (Å²) in [6.45, 7) is 6.38. The highest BCUT2D eigenvalue weighted by Gasteiger charge is 2.19. The summed E-state index contributed by atoms with van der Waals surface area (Å²) < 4.78 is 16.0. The maximum atomic E-state index is 12.0. The molecule has 0 spiro atoms. The molecule has 2 aromatic carbocycles. The third kappa shape index (κ3) is 4.31. The van der Waals surface area contributed by atoms with Crippen molar-refractivity contribution in [1.82, 2.24) is 5.43 Å². The number of hydrogen-bond donors (Lipinski definition) is 2. The van der Waals surface area contributed by atoms with E-state index in [9.17, 15) is 4.79 Å². The fourth-order valence-corrected chi connectivity index (χ4v) is 3.07. The summed E-state index contributed by atoms with van der Waals surface area (Å²) in [6.07, 6.45) is 1.53. The molecule has 2 N–H and O–H groups in total. The lowest BCUT2D eigenvalue weighted by molar-refractivity contribution is -0.119. The maximum absolute atomic E-state index is 12.0. The largest absolute Gasteiger partial charge is 0.493 e. The van der Waals surface area contributed by atoms with Crippen LogP contribution in [0.15, 0.2) is 29.4 Å². The van der Waals surface area contributed by atoms with Crippen molar-refractivity contribution in [2.24, 2.45) is 5.10 Å². The van der Waals surface area contributed by atoms with Gasteiger partial charge in [0.2, 0.25) is 12.5 Å². The van der Waals surface area contributed by atoms with Gasteiger partial charge in [0.05, 0.1) is 19.9 Å². The maximum Gasteiger partial charge on any atom is 0.259 e. The molecular formula is C20H23N3O4. The van der Waals surface area contributed by atoms with Crippen molar-refractivity contribution < 1.29 is 19.0 Å². The van der Waals surface area contributed by atoms with Crippen LogP contribution >= 0.6 is 0 Å². The molecule has 27 heavy (non-hydrogen) atoms. The van der Waals surface area contributed by atoms with Gasteiger partial charge in [-0.1, -0.05) is 17.7 Å². The number of benzene rings is 2. The molecule has 142 valence electrons. The van der Waals surface area contributed by atoms with Crippen molar-refractivity contribution in [3.63, 3.8) is 0 Å². The average Bonchev–Trinajstić information content (AvgIpc) is 3.08. The standard InChI is InChI=1S/C20H23N3O4/c1-12-5-13(2)19(14(3)6-12)21-10-18(24)23-22-9-15-7-16(25-4)20-17(8-15)26-11-27-20/h5-9,21H,10-11H2,1-4H3,(H,23,24)/b22-9-. The summed E-state index contributed by atoms with van der Waals surface area (Å²) >= 11 is 0. The lowest BCUT2D eigenvalue weighted by atomic mass is 10.1. The molecule has 0 saturated heterocycles. The second kappa shape index (κ2) is 7.99. The summed E-state index contributed by atoms with van der Waals surface area (Å²) in [5.41, 5.74) is 7.63. The van der Waals surface area contributed by atoms with Crippen molar-refractivity contribution >= 4 is 17.8 Å². The van der Waals surface area contributed by atoms with Gasteiger partial charge >= 0.3 is 0 Å². The van der Waals surface area contributed by atoms with Crippen molar-refractivity contribution in [3.05, 3.63) is 46.5 Å². The topological polar surface area (TPSA) is 81.2 Å². The van der Waals surface area contributed by atoms with Crippen LogP contribution in [0.5, 0.6) is 17.2 Å². The smallest absolute Gasteiger partial charge is 0.259 e. The number of carbonyl (C=O) groups excluding carboxylic acids is 1.